The van der Waals surface area contributed by atoms with E-state index in [0.717, 1.165) is 5.56 Å². The van der Waals surface area contributed by atoms with Crippen LogP contribution in [0.15, 0.2) is 54.6 Å². The van der Waals surface area contributed by atoms with Crippen molar-refractivity contribution in [3.63, 3.8) is 0 Å². The van der Waals surface area contributed by atoms with Crippen LogP contribution in [0.2, 0.25) is 0 Å². The Kier molecular flexibility index (Phi) is 6.59. The topological polar surface area (TPSA) is 126 Å². The Morgan fingerprint density at radius 1 is 1.10 bits per heavy atom. The zero-order chi connectivity index (χ0) is 20.6. The van der Waals surface area contributed by atoms with Gasteiger partial charge in [-0.15, -0.1) is 0 Å². The first-order valence-corrected chi connectivity index (χ1v) is 8.69. The molecule has 0 bridgehead atoms. The first kappa shape index (κ1) is 20.1. The quantitative estimate of drug-likeness (QED) is 0.338. The van der Waals surface area contributed by atoms with Crippen molar-refractivity contribution in [1.82, 2.24) is 5.32 Å². The summed E-state index contributed by atoms with van der Waals surface area (Å²) in [4.78, 5) is 34.0. The summed E-state index contributed by atoms with van der Waals surface area (Å²) in [6.07, 6.45) is -2.44. The third kappa shape index (κ3) is 5.91. The summed E-state index contributed by atoms with van der Waals surface area (Å²) >= 11 is 0. The molecular weight excluding hydrogens is 384 g/mol. The number of nitro benzene ring substituents is 1. The molecular formula is C19H18N2O8. The molecule has 2 unspecified atom stereocenters. The Bertz CT molecular complexity index is 856. The molecule has 0 aliphatic carbocycles. The van der Waals surface area contributed by atoms with Crippen molar-refractivity contribution < 1.29 is 33.5 Å². The van der Waals surface area contributed by atoms with Gasteiger partial charge in [0, 0.05) is 12.1 Å². The number of carbonyl (C=O) groups excluding carboxylic acids is 2. The third-order valence-electron chi connectivity index (χ3n) is 4.04. The van der Waals surface area contributed by atoms with E-state index in [2.05, 4.69) is 5.32 Å². The maximum atomic E-state index is 12.0. The Morgan fingerprint density at radius 3 is 2.52 bits per heavy atom. The molecule has 1 heterocycles. The van der Waals surface area contributed by atoms with Gasteiger partial charge in [-0.1, -0.05) is 30.3 Å². The van der Waals surface area contributed by atoms with Gasteiger partial charge in [0.25, 0.3) is 5.69 Å². The van der Waals surface area contributed by atoms with E-state index >= 15 is 0 Å². The lowest BCUT2D eigenvalue weighted by atomic mass is 10.2. The summed E-state index contributed by atoms with van der Waals surface area (Å²) in [6, 6.07) is 13.5. The summed E-state index contributed by atoms with van der Waals surface area (Å²) in [5.41, 5.74) is 0.706. The van der Waals surface area contributed by atoms with E-state index in [4.69, 9.17) is 18.9 Å². The van der Waals surface area contributed by atoms with Gasteiger partial charge in [-0.25, -0.2) is 9.59 Å². The van der Waals surface area contributed by atoms with Crippen LogP contribution in [0.5, 0.6) is 5.75 Å². The number of amides is 1. The van der Waals surface area contributed by atoms with Crippen molar-refractivity contribution in [1.29, 1.82) is 0 Å². The summed E-state index contributed by atoms with van der Waals surface area (Å²) in [7, 11) is 0. The Labute approximate surface area is 165 Å². The van der Waals surface area contributed by atoms with E-state index in [1.165, 1.54) is 24.3 Å². The molecule has 1 aliphatic rings. The van der Waals surface area contributed by atoms with Crippen molar-refractivity contribution in [2.24, 2.45) is 0 Å². The van der Waals surface area contributed by atoms with Gasteiger partial charge in [-0.05, 0) is 17.7 Å². The summed E-state index contributed by atoms with van der Waals surface area (Å²) < 4.78 is 20.6. The van der Waals surface area contributed by atoms with E-state index in [1.54, 1.807) is 0 Å². The van der Waals surface area contributed by atoms with Gasteiger partial charge in [0.2, 0.25) is 0 Å². The number of hydrogen-bond acceptors (Lipinski definition) is 8. The molecule has 29 heavy (non-hydrogen) atoms. The second-order valence-electron chi connectivity index (χ2n) is 6.11. The molecule has 3 rings (SSSR count). The molecule has 0 saturated carbocycles. The lowest BCUT2D eigenvalue weighted by Gasteiger charge is -2.19. The van der Waals surface area contributed by atoms with Crippen LogP contribution < -0.4 is 10.1 Å². The number of nitro groups is 1. The second kappa shape index (κ2) is 9.51. The van der Waals surface area contributed by atoms with Crippen LogP contribution in [0, 0.1) is 10.1 Å². The number of hydrogen-bond donors (Lipinski definition) is 1. The third-order valence-corrected chi connectivity index (χ3v) is 4.04. The highest BCUT2D eigenvalue weighted by atomic mass is 16.7. The molecule has 2 aromatic carbocycles. The first-order chi connectivity index (χ1) is 14.0. The first-order valence-electron chi connectivity index (χ1n) is 8.69. The predicted octanol–water partition coefficient (Wildman–Crippen LogP) is 2.80. The molecule has 152 valence electrons. The molecule has 0 spiro atoms. The van der Waals surface area contributed by atoms with Crippen molar-refractivity contribution in [2.75, 3.05) is 13.2 Å². The molecule has 1 amide bonds. The van der Waals surface area contributed by atoms with E-state index in [-0.39, 0.29) is 31.3 Å². The number of nitrogens with zero attached hydrogens (tertiary/aromatic N) is 1. The Hall–Kier alpha value is -3.66. The van der Waals surface area contributed by atoms with E-state index in [1.807, 2.05) is 30.3 Å². The SMILES string of the molecule is O=C(NC1COCC1OC(=O)Oc1ccc([N+](=O)[O-])cc1)OCc1ccccc1. The highest BCUT2D eigenvalue weighted by Gasteiger charge is 2.34. The minimum Gasteiger partial charge on any atom is -0.445 e. The zero-order valence-corrected chi connectivity index (χ0v) is 15.2. The van der Waals surface area contributed by atoms with E-state index in [9.17, 15) is 19.7 Å². The number of alkyl carbamates (subject to hydrolysis) is 1. The van der Waals surface area contributed by atoms with Crippen molar-refractivity contribution in [3.05, 3.63) is 70.3 Å². The molecule has 10 nitrogen and oxygen atoms in total. The monoisotopic (exact) mass is 402 g/mol. The van der Waals surface area contributed by atoms with Crippen LogP contribution in [-0.2, 0) is 20.8 Å². The predicted molar refractivity (Wildman–Crippen MR) is 98.4 cm³/mol. The number of non-ortho nitro benzene ring substituents is 1. The Balaban J connectivity index is 1.46. The zero-order valence-electron chi connectivity index (χ0n) is 15.2. The number of carbonyl (C=O) groups is 2. The largest absolute Gasteiger partial charge is 0.514 e. The average molecular weight is 402 g/mol. The van der Waals surface area contributed by atoms with Gasteiger partial charge < -0.3 is 24.3 Å². The number of ether oxygens (including phenoxy) is 4. The lowest BCUT2D eigenvalue weighted by Crippen LogP contribution is -2.45. The number of nitrogens with one attached hydrogen (secondary N) is 1. The van der Waals surface area contributed by atoms with Crippen molar-refractivity contribution in [3.8, 4) is 5.75 Å². The summed E-state index contributed by atoms with van der Waals surface area (Å²) in [5.74, 6) is 0.0892. The summed E-state index contributed by atoms with van der Waals surface area (Å²) in [6.45, 7) is 0.336. The van der Waals surface area contributed by atoms with Gasteiger partial charge in [0.1, 0.15) is 12.4 Å². The van der Waals surface area contributed by atoms with Crippen LogP contribution >= 0.6 is 0 Å². The minimum absolute atomic E-state index is 0.0823. The van der Waals surface area contributed by atoms with Gasteiger partial charge in [-0.3, -0.25) is 10.1 Å². The van der Waals surface area contributed by atoms with Crippen molar-refractivity contribution in [2.45, 2.75) is 18.8 Å². The molecule has 2 atom stereocenters. The van der Waals surface area contributed by atoms with Crippen LogP contribution in [0.4, 0.5) is 15.3 Å². The molecule has 1 saturated heterocycles. The van der Waals surface area contributed by atoms with Crippen LogP contribution in [0.3, 0.4) is 0 Å². The van der Waals surface area contributed by atoms with Crippen LogP contribution in [0.25, 0.3) is 0 Å². The van der Waals surface area contributed by atoms with E-state index in [0.29, 0.717) is 0 Å². The van der Waals surface area contributed by atoms with Gasteiger partial charge >= 0.3 is 12.2 Å². The average Bonchev–Trinajstić information content (AvgIpc) is 3.14. The second-order valence-corrected chi connectivity index (χ2v) is 6.11. The summed E-state index contributed by atoms with van der Waals surface area (Å²) in [5, 5.41) is 13.2. The van der Waals surface area contributed by atoms with Crippen LogP contribution in [0.1, 0.15) is 5.56 Å². The maximum Gasteiger partial charge on any atom is 0.514 e. The smallest absolute Gasteiger partial charge is 0.445 e. The molecule has 1 aliphatic heterocycles. The standard InChI is InChI=1S/C19H18N2O8/c22-18(27-10-13-4-2-1-3-5-13)20-16-11-26-12-17(16)29-19(23)28-15-8-6-14(7-9-15)21(24)25/h1-9,16-17H,10-12H2,(H,20,22). The van der Waals surface area contributed by atoms with Gasteiger partial charge in [0.05, 0.1) is 24.2 Å². The van der Waals surface area contributed by atoms with E-state index < -0.39 is 29.3 Å². The van der Waals surface area contributed by atoms with Crippen LogP contribution in [-0.4, -0.2) is 42.5 Å². The number of rotatable bonds is 6. The molecule has 1 fully saturated rings. The molecule has 2 aromatic rings. The lowest BCUT2D eigenvalue weighted by molar-refractivity contribution is -0.384. The molecule has 10 heteroatoms. The molecule has 0 radical (unpaired) electrons. The fraction of sp³-hybridized carbons (Fsp3) is 0.263. The van der Waals surface area contributed by atoms with Gasteiger partial charge in [0.15, 0.2) is 6.10 Å². The number of benzene rings is 2. The molecule has 1 N–H and O–H groups in total. The Morgan fingerprint density at radius 2 is 1.83 bits per heavy atom. The molecule has 0 aromatic heterocycles. The van der Waals surface area contributed by atoms with Gasteiger partial charge in [-0.2, -0.15) is 0 Å². The fourth-order valence-corrected chi connectivity index (χ4v) is 2.58. The highest BCUT2D eigenvalue weighted by Crippen LogP contribution is 2.19. The van der Waals surface area contributed by atoms with Crippen molar-refractivity contribution >= 4 is 17.9 Å². The maximum absolute atomic E-state index is 12.0. The normalized spacial score (nSPS) is 17.9. The minimum atomic E-state index is -1.01. The highest BCUT2D eigenvalue weighted by molar-refractivity contribution is 5.68. The fourth-order valence-electron chi connectivity index (χ4n) is 2.58.